The van der Waals surface area contributed by atoms with Crippen molar-refractivity contribution in [2.75, 3.05) is 42.6 Å². The number of unbranched alkanes of at least 4 members (excludes halogenated alkanes) is 3. The zero-order valence-corrected chi connectivity index (χ0v) is 47.2. The molecule has 10 rings (SSSR count). The van der Waals surface area contributed by atoms with Crippen LogP contribution in [0, 0.1) is 29.1 Å². The summed E-state index contributed by atoms with van der Waals surface area (Å²) in [5.41, 5.74) is 9.46. The number of carbonyl (C=O) groups is 3. The van der Waals surface area contributed by atoms with E-state index in [0.717, 1.165) is 106 Å². The van der Waals surface area contributed by atoms with E-state index in [1.807, 2.05) is 0 Å². The van der Waals surface area contributed by atoms with Gasteiger partial charge in [0.15, 0.2) is 5.60 Å². The van der Waals surface area contributed by atoms with Gasteiger partial charge in [-0.1, -0.05) is 44.0 Å². The van der Waals surface area contributed by atoms with Gasteiger partial charge in [-0.2, -0.15) is 22.0 Å². The Kier molecular flexibility index (Phi) is 14.6. The Bertz CT molecular complexity index is 3310. The molecule has 1 unspecified atom stereocenters. The number of ether oxygens (including phenoxy) is 2. The third-order valence-electron chi connectivity index (χ3n) is 16.6. The lowest BCUT2D eigenvalue weighted by Crippen LogP contribution is -2.51. The normalized spacial score (nSPS) is 19.2. The molecule has 0 saturated carbocycles. The largest absolute Gasteiger partial charge is 0.471 e. The van der Waals surface area contributed by atoms with Gasteiger partial charge < -0.3 is 33.6 Å². The summed E-state index contributed by atoms with van der Waals surface area (Å²) in [4.78, 5) is 44.0. The van der Waals surface area contributed by atoms with E-state index in [2.05, 4.69) is 94.2 Å². The fraction of sp³-hybridized carbons (Fsp3) is 0.475. The number of benzene rings is 4. The van der Waals surface area contributed by atoms with Crippen LogP contribution in [0.3, 0.4) is 0 Å². The predicted molar refractivity (Wildman–Crippen MR) is 286 cm³/mol. The van der Waals surface area contributed by atoms with Crippen molar-refractivity contribution in [2.45, 2.75) is 148 Å². The van der Waals surface area contributed by atoms with Gasteiger partial charge in [0, 0.05) is 70.7 Å². The lowest BCUT2D eigenvalue weighted by atomic mass is 9.57. The third-order valence-corrected chi connectivity index (χ3v) is 18.8. The molecule has 21 heteroatoms. The highest BCUT2D eigenvalue weighted by Gasteiger charge is 2.60. The minimum atomic E-state index is -5.10. The van der Waals surface area contributed by atoms with E-state index in [-0.39, 0.29) is 78.8 Å². The molecule has 1 N–H and O–H groups in total. The smallest absolute Gasteiger partial charge is 0.441 e. The van der Waals surface area contributed by atoms with Crippen LogP contribution in [0.2, 0.25) is 5.02 Å². The van der Waals surface area contributed by atoms with Gasteiger partial charge in [0.1, 0.15) is 0 Å². The van der Waals surface area contributed by atoms with Crippen LogP contribution in [0.25, 0.3) is 11.1 Å². The standard InChI is InChI=1S/C59H61ClF8N3O8P/c1-30-28-55(3,4)70-20-14-16-33-43-38(26-35(30)50(33)70)58(39-27-36-31(2)29-56(5,6)71-21-15-17-34(51(36)71)44(39)57(43,7)8)37-24-32(25-40(60)42(37)53(73)79-58)80(75,77-23-13-11-19-69-54(74)59(66,67)68)76-22-12-9-10-18-41(72)78-52-48(64)46(62)45(61)47(63)49(52)65/h24-29H,9-23H2,1-8H3,(H,69,74). The number of nitrogens with zero attached hydrogens (tertiary/aromatic N) is 2. The molecule has 0 aromatic heterocycles. The number of carbonyl (C=O) groups excluding carboxylic acids is 3. The molecule has 4 aromatic carbocycles. The zero-order chi connectivity index (χ0) is 58.0. The molecule has 6 aliphatic rings. The summed E-state index contributed by atoms with van der Waals surface area (Å²) in [7, 11) is -4.59. The first-order valence-electron chi connectivity index (χ1n) is 26.9. The van der Waals surface area contributed by atoms with Gasteiger partial charge in [-0.3, -0.25) is 14.2 Å². The number of amides is 1. The van der Waals surface area contributed by atoms with E-state index in [4.69, 9.17) is 25.4 Å². The number of hydrogen-bond acceptors (Lipinski definition) is 10. The average Bonchev–Trinajstić information content (AvgIpc) is 3.32. The number of halogens is 9. The van der Waals surface area contributed by atoms with Gasteiger partial charge in [0.25, 0.3) is 0 Å². The van der Waals surface area contributed by atoms with Gasteiger partial charge >= 0.3 is 31.6 Å². The summed E-state index contributed by atoms with van der Waals surface area (Å²) >= 11 is 7.26. The number of fused-ring (bicyclic) bond motifs is 8. The van der Waals surface area contributed by atoms with Gasteiger partial charge in [-0.15, -0.1) is 0 Å². The lowest BCUT2D eigenvalue weighted by Gasteiger charge is -2.54. The maximum absolute atomic E-state index is 15.6. The Morgan fingerprint density at radius 1 is 0.713 bits per heavy atom. The van der Waals surface area contributed by atoms with Crippen molar-refractivity contribution < 1.29 is 72.6 Å². The quantitative estimate of drug-likeness (QED) is 0.0234. The second-order valence-corrected chi connectivity index (χ2v) is 25.6. The summed E-state index contributed by atoms with van der Waals surface area (Å²) in [5, 5.41) is 1.61. The van der Waals surface area contributed by atoms with E-state index in [1.165, 1.54) is 6.07 Å². The van der Waals surface area contributed by atoms with Crippen molar-refractivity contribution in [3.8, 4) is 5.75 Å². The molecule has 1 atom stereocenters. The van der Waals surface area contributed by atoms with Crippen LogP contribution in [-0.4, -0.2) is 67.9 Å². The van der Waals surface area contributed by atoms with E-state index in [9.17, 15) is 49.5 Å². The third kappa shape index (κ3) is 9.24. The molecule has 5 heterocycles. The molecular formula is C59H61ClF8N3O8P. The van der Waals surface area contributed by atoms with E-state index in [1.54, 1.807) is 11.4 Å². The first-order chi connectivity index (χ1) is 37.5. The summed E-state index contributed by atoms with van der Waals surface area (Å²) in [5.74, 6) is -17.5. The van der Waals surface area contributed by atoms with Crippen molar-refractivity contribution in [1.82, 2.24) is 5.32 Å². The molecular weight excluding hydrogens is 1100 g/mol. The zero-order valence-electron chi connectivity index (χ0n) is 45.6. The number of rotatable bonds is 15. The Morgan fingerprint density at radius 3 is 1.73 bits per heavy atom. The maximum Gasteiger partial charge on any atom is 0.471 e. The molecule has 1 aliphatic carbocycles. The summed E-state index contributed by atoms with van der Waals surface area (Å²) < 4.78 is 148. The summed E-state index contributed by atoms with van der Waals surface area (Å²) in [6.07, 6.45) is 2.20. The number of anilines is 2. The monoisotopic (exact) mass is 1160 g/mol. The first-order valence-corrected chi connectivity index (χ1v) is 28.8. The number of hydrogen-bond donors (Lipinski definition) is 1. The minimum absolute atomic E-state index is 0.000157. The minimum Gasteiger partial charge on any atom is -0.441 e. The maximum atomic E-state index is 15.6. The molecule has 11 nitrogen and oxygen atoms in total. The first kappa shape index (κ1) is 57.5. The van der Waals surface area contributed by atoms with Crippen LogP contribution in [-0.2, 0) is 51.8 Å². The van der Waals surface area contributed by atoms with E-state index in [0.29, 0.717) is 5.56 Å². The number of esters is 2. The van der Waals surface area contributed by atoms with Crippen LogP contribution in [0.1, 0.15) is 167 Å². The number of allylic oxidation sites excluding steroid dienone is 2. The Hall–Kier alpha value is -5.75. The topological polar surface area (TPSA) is 124 Å². The highest BCUT2D eigenvalue weighted by atomic mass is 35.5. The van der Waals surface area contributed by atoms with Gasteiger partial charge in [-0.25, -0.2) is 18.0 Å². The highest BCUT2D eigenvalue weighted by molar-refractivity contribution is 7.62. The molecule has 1 amide bonds. The van der Waals surface area contributed by atoms with Crippen LogP contribution < -0.4 is 25.2 Å². The molecule has 0 fully saturated rings. The van der Waals surface area contributed by atoms with E-state index < -0.39 is 83.9 Å². The molecule has 0 radical (unpaired) electrons. The molecule has 0 saturated heterocycles. The second kappa shape index (κ2) is 20.3. The SMILES string of the molecule is CC1=CC(C)(C)N2CCCc3c2c1cc1c3C(C)(C)c2c(cc3c4c2CCCN4C(C)(C)C=C3C)C12OC(=O)c1c(Cl)cc(P(=O)(OCCCCCC(=O)Oc3c(F)c(F)c(F)c(F)c3F)OCCCCNC(=O)C(F)(F)F)cc12. The molecule has 428 valence electrons. The average molecular weight is 1160 g/mol. The molecule has 4 aromatic rings. The predicted octanol–water partition coefficient (Wildman–Crippen LogP) is 13.5. The Labute approximate surface area is 463 Å². The lowest BCUT2D eigenvalue weighted by molar-refractivity contribution is -0.173. The molecule has 5 aliphatic heterocycles. The molecule has 80 heavy (non-hydrogen) atoms. The fourth-order valence-corrected chi connectivity index (χ4v) is 15.4. The highest BCUT2D eigenvalue weighted by Crippen LogP contribution is 2.64. The van der Waals surface area contributed by atoms with Gasteiger partial charge in [0.2, 0.25) is 34.8 Å². The Balaban J connectivity index is 1.07. The van der Waals surface area contributed by atoms with Crippen LogP contribution in [0.15, 0.2) is 36.4 Å². The fourth-order valence-electron chi connectivity index (χ4n) is 13.3. The number of nitrogens with one attached hydrogen (secondary N) is 1. The van der Waals surface area contributed by atoms with Crippen LogP contribution >= 0.6 is 19.2 Å². The van der Waals surface area contributed by atoms with Crippen molar-refractivity contribution in [2.24, 2.45) is 0 Å². The Morgan fingerprint density at radius 2 is 1.21 bits per heavy atom. The van der Waals surface area contributed by atoms with E-state index >= 15 is 4.57 Å². The van der Waals surface area contributed by atoms with Crippen molar-refractivity contribution in [3.05, 3.63) is 126 Å². The van der Waals surface area contributed by atoms with Crippen molar-refractivity contribution >= 4 is 64.9 Å². The van der Waals surface area contributed by atoms with Gasteiger partial charge in [0.05, 0.1) is 40.2 Å². The molecule has 1 spiro atoms. The van der Waals surface area contributed by atoms with Crippen LogP contribution in [0.4, 0.5) is 46.5 Å². The van der Waals surface area contributed by atoms with Crippen molar-refractivity contribution in [3.63, 3.8) is 0 Å². The van der Waals surface area contributed by atoms with Crippen LogP contribution in [0.5, 0.6) is 5.75 Å². The molecule has 0 bridgehead atoms. The number of alkyl halides is 3. The second-order valence-electron chi connectivity index (χ2n) is 23.2. The summed E-state index contributed by atoms with van der Waals surface area (Å²) in [6, 6.07) is 7.17. The van der Waals surface area contributed by atoms with Crippen molar-refractivity contribution in [1.29, 1.82) is 0 Å². The summed E-state index contributed by atoms with van der Waals surface area (Å²) in [6.45, 7) is 18.1. The van der Waals surface area contributed by atoms with Gasteiger partial charge in [-0.05, 0) is 151 Å².